The maximum atomic E-state index is 13.1. The molecule has 1 amide bonds. The van der Waals surface area contributed by atoms with E-state index in [9.17, 15) is 22.8 Å². The third-order valence-electron chi connectivity index (χ3n) is 7.10. The summed E-state index contributed by atoms with van der Waals surface area (Å²) in [6, 6.07) is 0. The summed E-state index contributed by atoms with van der Waals surface area (Å²) < 4.78 is 43.4. The average Bonchev–Trinajstić information content (AvgIpc) is 2.69. The molecule has 0 aromatic rings. The molecule has 39 heavy (non-hydrogen) atoms. The van der Waals surface area contributed by atoms with Crippen molar-refractivity contribution in [2.24, 2.45) is 16.7 Å². The van der Waals surface area contributed by atoms with E-state index in [0.717, 1.165) is 0 Å². The Morgan fingerprint density at radius 2 is 1.36 bits per heavy atom. The molecule has 0 aromatic heterocycles. The Bertz CT molecular complexity index is 937. The molecule has 0 fully saturated rings. The van der Waals surface area contributed by atoms with Crippen LogP contribution < -0.4 is 5.32 Å². The number of ketones is 2. The van der Waals surface area contributed by atoms with Gasteiger partial charge in [0.1, 0.15) is 12.4 Å². The van der Waals surface area contributed by atoms with Gasteiger partial charge < -0.3 is 14.8 Å². The SMILES string of the molecule is CC(C)(CS(=O)(=O)O)NC(=O)CCC(CCCCOC(C)(C)C(C)(C)C(=O)COC(C)(C)C)C(=O)C(C)(C)C. The molecular formula is C29H55NO8S. The summed E-state index contributed by atoms with van der Waals surface area (Å²) in [5.74, 6) is -1.27. The summed E-state index contributed by atoms with van der Waals surface area (Å²) in [5.41, 5.74) is -3.59. The van der Waals surface area contributed by atoms with Crippen molar-refractivity contribution < 1.29 is 36.8 Å². The standard InChI is InChI=1S/C29H55NO8S/c1-25(2,3)24(33)21(16-17-23(32)30-27(7,8)20-39(34,35)36)15-13-14-18-37-29(11,12)28(9,10)22(31)19-38-26(4,5)6/h21H,13-20H2,1-12H3,(H,30,32)(H,34,35,36). The lowest BCUT2D eigenvalue weighted by atomic mass is 9.73. The van der Waals surface area contributed by atoms with Gasteiger partial charge in [-0.3, -0.25) is 18.9 Å². The minimum atomic E-state index is -4.25. The van der Waals surface area contributed by atoms with E-state index in [4.69, 9.17) is 14.0 Å². The minimum absolute atomic E-state index is 0.0143. The van der Waals surface area contributed by atoms with Crippen LogP contribution in [0, 0.1) is 16.7 Å². The molecule has 230 valence electrons. The highest BCUT2D eigenvalue weighted by Gasteiger charge is 2.44. The van der Waals surface area contributed by atoms with Crippen molar-refractivity contribution in [3.05, 3.63) is 0 Å². The molecule has 0 saturated carbocycles. The summed E-state index contributed by atoms with van der Waals surface area (Å²) in [5, 5.41) is 2.63. The fraction of sp³-hybridized carbons (Fsp3) is 0.897. The van der Waals surface area contributed by atoms with Gasteiger partial charge in [-0.2, -0.15) is 8.42 Å². The van der Waals surface area contributed by atoms with Crippen LogP contribution in [-0.4, -0.2) is 66.2 Å². The first-order valence-corrected chi connectivity index (χ1v) is 15.4. The van der Waals surface area contributed by atoms with Crippen molar-refractivity contribution in [2.75, 3.05) is 19.0 Å². The topological polar surface area (TPSA) is 136 Å². The van der Waals surface area contributed by atoms with Gasteiger partial charge in [-0.25, -0.2) is 0 Å². The van der Waals surface area contributed by atoms with Gasteiger partial charge >= 0.3 is 0 Å². The second-order valence-corrected chi connectivity index (χ2v) is 15.8. The first-order chi connectivity index (χ1) is 17.2. The Morgan fingerprint density at radius 1 is 0.821 bits per heavy atom. The van der Waals surface area contributed by atoms with Crippen LogP contribution in [-0.2, 0) is 34.0 Å². The van der Waals surface area contributed by atoms with Gasteiger partial charge in [0.2, 0.25) is 5.91 Å². The molecule has 1 atom stereocenters. The van der Waals surface area contributed by atoms with E-state index < -0.39 is 43.4 Å². The van der Waals surface area contributed by atoms with Crippen molar-refractivity contribution in [3.8, 4) is 0 Å². The smallest absolute Gasteiger partial charge is 0.267 e. The van der Waals surface area contributed by atoms with E-state index in [1.165, 1.54) is 13.8 Å². The number of ether oxygens (including phenoxy) is 2. The van der Waals surface area contributed by atoms with E-state index in [1.54, 1.807) is 0 Å². The van der Waals surface area contributed by atoms with E-state index in [-0.39, 0.29) is 36.4 Å². The molecular weight excluding hydrogens is 522 g/mol. The Balaban J connectivity index is 5.02. The van der Waals surface area contributed by atoms with Crippen LogP contribution in [0.1, 0.15) is 115 Å². The maximum absolute atomic E-state index is 13.1. The van der Waals surface area contributed by atoms with Crippen LogP contribution in [0.4, 0.5) is 0 Å². The van der Waals surface area contributed by atoms with E-state index in [2.05, 4.69) is 5.32 Å². The van der Waals surface area contributed by atoms with Crippen LogP contribution in [0.25, 0.3) is 0 Å². The highest BCUT2D eigenvalue weighted by atomic mass is 32.2. The van der Waals surface area contributed by atoms with Gasteiger partial charge in [0.15, 0.2) is 5.78 Å². The van der Waals surface area contributed by atoms with Crippen LogP contribution >= 0.6 is 0 Å². The quantitative estimate of drug-likeness (QED) is 0.179. The molecule has 1 unspecified atom stereocenters. The Morgan fingerprint density at radius 3 is 1.82 bits per heavy atom. The lowest BCUT2D eigenvalue weighted by molar-refractivity contribution is -0.157. The summed E-state index contributed by atoms with van der Waals surface area (Å²) in [6.45, 7) is 22.3. The Kier molecular flexibility index (Phi) is 13.5. The molecule has 9 nitrogen and oxygen atoms in total. The zero-order chi connectivity index (χ0) is 31.1. The average molecular weight is 578 g/mol. The normalized spacial score (nSPS) is 14.7. The fourth-order valence-corrected chi connectivity index (χ4v) is 5.04. The summed E-state index contributed by atoms with van der Waals surface area (Å²) >= 11 is 0. The molecule has 0 radical (unpaired) electrons. The zero-order valence-electron chi connectivity index (χ0n) is 26.4. The molecule has 0 saturated heterocycles. The van der Waals surface area contributed by atoms with Crippen molar-refractivity contribution in [3.63, 3.8) is 0 Å². The van der Waals surface area contributed by atoms with Gasteiger partial charge in [-0.05, 0) is 67.7 Å². The van der Waals surface area contributed by atoms with Crippen molar-refractivity contribution in [1.29, 1.82) is 0 Å². The van der Waals surface area contributed by atoms with Gasteiger partial charge in [0.05, 0.1) is 27.9 Å². The first-order valence-electron chi connectivity index (χ1n) is 13.8. The van der Waals surface area contributed by atoms with E-state index in [1.807, 2.05) is 69.2 Å². The van der Waals surface area contributed by atoms with Crippen LogP contribution in [0.2, 0.25) is 0 Å². The largest absolute Gasteiger partial charge is 0.375 e. The number of hydrogen-bond donors (Lipinski definition) is 2. The molecule has 10 heteroatoms. The molecule has 0 aromatic carbocycles. The summed E-state index contributed by atoms with van der Waals surface area (Å²) in [6.07, 6.45) is 2.39. The number of nitrogens with one attached hydrogen (secondary N) is 1. The number of amides is 1. The number of hydrogen-bond acceptors (Lipinski definition) is 7. The van der Waals surface area contributed by atoms with Crippen LogP contribution in [0.15, 0.2) is 0 Å². The molecule has 0 aliphatic rings. The van der Waals surface area contributed by atoms with Gasteiger partial charge in [0, 0.05) is 24.4 Å². The van der Waals surface area contributed by atoms with Gasteiger partial charge in [0.25, 0.3) is 10.1 Å². The monoisotopic (exact) mass is 577 g/mol. The summed E-state index contributed by atoms with van der Waals surface area (Å²) in [7, 11) is -4.25. The van der Waals surface area contributed by atoms with Crippen LogP contribution in [0.3, 0.4) is 0 Å². The third-order valence-corrected chi connectivity index (χ3v) is 8.19. The van der Waals surface area contributed by atoms with Crippen molar-refractivity contribution >= 4 is 27.6 Å². The van der Waals surface area contributed by atoms with Gasteiger partial charge in [-0.1, -0.05) is 41.0 Å². The lowest BCUT2D eigenvalue weighted by Gasteiger charge is -2.40. The molecule has 2 N–H and O–H groups in total. The fourth-order valence-electron chi connectivity index (χ4n) is 4.06. The predicted octanol–water partition coefficient (Wildman–Crippen LogP) is 5.16. The number of carbonyl (C=O) groups is 3. The molecule has 0 aliphatic carbocycles. The minimum Gasteiger partial charge on any atom is -0.375 e. The molecule has 0 spiro atoms. The number of Topliss-reactive ketones (excluding diaryl/α,β-unsaturated/α-hetero) is 2. The van der Waals surface area contributed by atoms with Crippen molar-refractivity contribution in [1.82, 2.24) is 5.32 Å². The Hall–Kier alpha value is -1.36. The van der Waals surface area contributed by atoms with E-state index >= 15 is 0 Å². The highest BCUT2D eigenvalue weighted by molar-refractivity contribution is 7.85. The number of rotatable bonds is 17. The third kappa shape index (κ3) is 14.7. The van der Waals surface area contributed by atoms with Crippen molar-refractivity contribution in [2.45, 2.75) is 132 Å². The van der Waals surface area contributed by atoms with E-state index in [0.29, 0.717) is 32.3 Å². The molecule has 0 aliphatic heterocycles. The molecule has 0 bridgehead atoms. The predicted molar refractivity (Wildman–Crippen MR) is 154 cm³/mol. The lowest BCUT2D eigenvalue weighted by Crippen LogP contribution is -2.49. The molecule has 0 rings (SSSR count). The maximum Gasteiger partial charge on any atom is 0.267 e. The number of carbonyl (C=O) groups excluding carboxylic acids is 3. The van der Waals surface area contributed by atoms with Crippen LogP contribution in [0.5, 0.6) is 0 Å². The number of unbranched alkanes of at least 4 members (excludes halogenated alkanes) is 1. The zero-order valence-corrected chi connectivity index (χ0v) is 27.3. The summed E-state index contributed by atoms with van der Waals surface area (Å²) in [4.78, 5) is 38.5. The highest BCUT2D eigenvalue weighted by Crippen LogP contribution is 2.35. The first kappa shape index (κ1) is 37.6. The Labute approximate surface area is 237 Å². The van der Waals surface area contributed by atoms with Gasteiger partial charge in [-0.15, -0.1) is 0 Å². The second-order valence-electron chi connectivity index (χ2n) is 14.3. The molecule has 0 heterocycles. The second kappa shape index (κ2) is 14.0.